The quantitative estimate of drug-likeness (QED) is 0.792. The van der Waals surface area contributed by atoms with E-state index in [1.807, 2.05) is 0 Å². The van der Waals surface area contributed by atoms with Gasteiger partial charge in [0.25, 0.3) is 5.92 Å². The van der Waals surface area contributed by atoms with Crippen molar-refractivity contribution in [2.45, 2.75) is 10.8 Å². The van der Waals surface area contributed by atoms with Crippen LogP contribution in [-0.4, -0.2) is 56.0 Å². The van der Waals surface area contributed by atoms with Gasteiger partial charge >= 0.3 is 0 Å². The van der Waals surface area contributed by atoms with Gasteiger partial charge in [-0.3, -0.25) is 0 Å². The molecular formula is C10H15F2N3O3S. The minimum absolute atomic E-state index is 0.0306. The molecule has 0 spiro atoms. The molecular weight excluding hydrogens is 280 g/mol. The first-order chi connectivity index (χ1) is 8.69. The molecule has 0 saturated heterocycles. The lowest BCUT2D eigenvalue weighted by molar-refractivity contribution is -0.0373. The largest absolute Gasteiger partial charge is 0.390 e. The number of pyridine rings is 1. The van der Waals surface area contributed by atoms with Crippen molar-refractivity contribution >= 4 is 15.8 Å². The maximum Gasteiger partial charge on any atom is 0.287 e. The van der Waals surface area contributed by atoms with Gasteiger partial charge in [-0.15, -0.1) is 0 Å². The summed E-state index contributed by atoms with van der Waals surface area (Å²) in [4.78, 5) is 3.70. The fourth-order valence-electron chi connectivity index (χ4n) is 1.12. The van der Waals surface area contributed by atoms with Gasteiger partial charge in [0.05, 0.1) is 6.54 Å². The second-order valence-corrected chi connectivity index (χ2v) is 6.19. The molecule has 1 heterocycles. The van der Waals surface area contributed by atoms with E-state index < -0.39 is 29.1 Å². The Hall–Kier alpha value is -1.32. The Balaban J connectivity index is 2.78. The van der Waals surface area contributed by atoms with Gasteiger partial charge in [0.15, 0.2) is 0 Å². The van der Waals surface area contributed by atoms with Crippen LogP contribution in [-0.2, 0) is 10.0 Å². The number of aliphatic hydroxyl groups is 1. The number of nitrogens with zero attached hydrogens (tertiary/aromatic N) is 2. The number of sulfonamides is 1. The number of nitrogens with one attached hydrogen (secondary N) is 1. The smallest absolute Gasteiger partial charge is 0.287 e. The van der Waals surface area contributed by atoms with Crippen LogP contribution in [0.1, 0.15) is 0 Å². The van der Waals surface area contributed by atoms with Crippen LogP contribution in [0.15, 0.2) is 23.2 Å². The van der Waals surface area contributed by atoms with Crippen molar-refractivity contribution < 1.29 is 22.3 Å². The fourth-order valence-corrected chi connectivity index (χ4v) is 1.97. The molecule has 0 aliphatic carbocycles. The molecule has 0 aliphatic heterocycles. The second-order valence-electron chi connectivity index (χ2n) is 4.03. The average molecular weight is 295 g/mol. The molecule has 108 valence electrons. The van der Waals surface area contributed by atoms with E-state index in [9.17, 15) is 17.2 Å². The molecule has 19 heavy (non-hydrogen) atoms. The van der Waals surface area contributed by atoms with Crippen LogP contribution in [0, 0.1) is 0 Å². The second kappa shape index (κ2) is 5.76. The number of aromatic nitrogens is 1. The first kappa shape index (κ1) is 15.7. The van der Waals surface area contributed by atoms with Gasteiger partial charge < -0.3 is 10.4 Å². The summed E-state index contributed by atoms with van der Waals surface area (Å²) >= 11 is 0. The number of hydrogen-bond acceptors (Lipinski definition) is 5. The Kier molecular flexibility index (Phi) is 4.77. The van der Waals surface area contributed by atoms with Gasteiger partial charge in [0.2, 0.25) is 10.0 Å². The molecule has 0 aliphatic rings. The van der Waals surface area contributed by atoms with Crippen LogP contribution in [0.4, 0.5) is 14.6 Å². The molecule has 1 rings (SSSR count). The molecule has 0 saturated carbocycles. The number of halogens is 2. The van der Waals surface area contributed by atoms with E-state index in [1.54, 1.807) is 0 Å². The molecule has 1 aromatic rings. The third-order valence-corrected chi connectivity index (χ3v) is 4.07. The molecule has 0 radical (unpaired) electrons. The summed E-state index contributed by atoms with van der Waals surface area (Å²) in [5.41, 5.74) is 0. The fraction of sp³-hybridized carbons (Fsp3) is 0.500. The van der Waals surface area contributed by atoms with Crippen molar-refractivity contribution in [3.8, 4) is 0 Å². The van der Waals surface area contributed by atoms with Gasteiger partial charge in [-0.1, -0.05) is 0 Å². The lowest BCUT2D eigenvalue weighted by Gasteiger charge is -2.15. The van der Waals surface area contributed by atoms with E-state index in [-0.39, 0.29) is 10.7 Å². The molecule has 0 aromatic carbocycles. The van der Waals surface area contributed by atoms with Crippen molar-refractivity contribution in [1.29, 1.82) is 0 Å². The Morgan fingerprint density at radius 2 is 2.05 bits per heavy atom. The Morgan fingerprint density at radius 1 is 1.42 bits per heavy atom. The van der Waals surface area contributed by atoms with E-state index in [4.69, 9.17) is 5.11 Å². The Labute approximate surface area is 110 Å². The van der Waals surface area contributed by atoms with Crippen molar-refractivity contribution in [2.24, 2.45) is 0 Å². The molecule has 0 bridgehead atoms. The van der Waals surface area contributed by atoms with Gasteiger partial charge in [-0.2, -0.15) is 0 Å². The van der Waals surface area contributed by atoms with Crippen LogP contribution in [0.25, 0.3) is 0 Å². The van der Waals surface area contributed by atoms with Gasteiger partial charge in [-0.05, 0) is 12.1 Å². The van der Waals surface area contributed by atoms with E-state index in [0.717, 1.165) is 10.5 Å². The third-order valence-electron chi connectivity index (χ3n) is 2.27. The van der Waals surface area contributed by atoms with Crippen molar-refractivity contribution in [1.82, 2.24) is 9.29 Å². The van der Waals surface area contributed by atoms with Crippen LogP contribution in [0.2, 0.25) is 0 Å². The van der Waals surface area contributed by atoms with Crippen LogP contribution in [0.5, 0.6) is 0 Å². The minimum atomic E-state index is -3.59. The summed E-state index contributed by atoms with van der Waals surface area (Å²) in [6.45, 7) is -2.05. The maximum absolute atomic E-state index is 12.8. The van der Waals surface area contributed by atoms with Crippen LogP contribution in [0.3, 0.4) is 0 Å². The molecule has 1 aromatic heterocycles. The maximum atomic E-state index is 12.8. The van der Waals surface area contributed by atoms with Gasteiger partial charge in [0.1, 0.15) is 17.3 Å². The standard InChI is InChI=1S/C10H15F2N3O3S/c1-15(2)19(17,18)8-3-4-9(13-5-8)14-6-10(11,12)7-16/h3-5,16H,6-7H2,1-2H3,(H,13,14). The zero-order chi connectivity index (χ0) is 14.7. The summed E-state index contributed by atoms with van der Waals surface area (Å²) in [6, 6.07) is 2.55. The lowest BCUT2D eigenvalue weighted by atomic mass is 10.3. The summed E-state index contributed by atoms with van der Waals surface area (Å²) in [5, 5.41) is 10.7. The summed E-state index contributed by atoms with van der Waals surface area (Å²) in [5.74, 6) is -3.15. The van der Waals surface area contributed by atoms with Gasteiger partial charge in [0, 0.05) is 20.3 Å². The summed E-state index contributed by atoms with van der Waals surface area (Å²) in [6.07, 6.45) is 1.08. The van der Waals surface area contributed by atoms with Crippen LogP contribution < -0.4 is 5.32 Å². The highest BCUT2D eigenvalue weighted by molar-refractivity contribution is 7.89. The first-order valence-corrected chi connectivity index (χ1v) is 6.74. The molecule has 6 nitrogen and oxygen atoms in total. The van der Waals surface area contributed by atoms with Crippen LogP contribution >= 0.6 is 0 Å². The lowest BCUT2D eigenvalue weighted by Crippen LogP contribution is -2.31. The third kappa shape index (κ3) is 4.08. The first-order valence-electron chi connectivity index (χ1n) is 5.30. The van der Waals surface area contributed by atoms with Gasteiger partial charge in [-0.25, -0.2) is 26.5 Å². The Bertz CT molecular complexity index is 517. The zero-order valence-corrected chi connectivity index (χ0v) is 11.3. The number of aliphatic hydroxyl groups excluding tert-OH is 1. The van der Waals surface area contributed by atoms with E-state index in [0.29, 0.717) is 0 Å². The highest BCUT2D eigenvalue weighted by atomic mass is 32.2. The average Bonchev–Trinajstić information content (AvgIpc) is 2.37. The highest BCUT2D eigenvalue weighted by Gasteiger charge is 2.27. The number of hydrogen-bond donors (Lipinski definition) is 2. The minimum Gasteiger partial charge on any atom is -0.390 e. The topological polar surface area (TPSA) is 82.5 Å². The van der Waals surface area contributed by atoms with Crippen molar-refractivity contribution in [3.63, 3.8) is 0 Å². The summed E-state index contributed by atoms with van der Waals surface area (Å²) in [7, 11) is -0.830. The molecule has 2 N–H and O–H groups in total. The normalized spacial score (nSPS) is 12.7. The zero-order valence-electron chi connectivity index (χ0n) is 10.5. The van der Waals surface area contributed by atoms with Crippen molar-refractivity contribution in [3.05, 3.63) is 18.3 Å². The predicted octanol–water partition coefficient (Wildman–Crippen LogP) is 0.371. The SMILES string of the molecule is CN(C)S(=O)(=O)c1ccc(NCC(F)(F)CO)nc1. The summed E-state index contributed by atoms with van der Waals surface area (Å²) < 4.78 is 50.0. The molecule has 0 fully saturated rings. The number of anilines is 1. The monoisotopic (exact) mass is 295 g/mol. The Morgan fingerprint density at radius 3 is 2.47 bits per heavy atom. The van der Waals surface area contributed by atoms with E-state index in [2.05, 4.69) is 10.3 Å². The van der Waals surface area contributed by atoms with Crippen molar-refractivity contribution in [2.75, 3.05) is 32.6 Å². The molecule has 9 heteroatoms. The predicted molar refractivity (Wildman–Crippen MR) is 65.6 cm³/mol. The number of rotatable bonds is 6. The highest BCUT2D eigenvalue weighted by Crippen LogP contribution is 2.16. The number of alkyl halides is 2. The molecule has 0 atom stereocenters. The molecule has 0 unspecified atom stereocenters. The van der Waals surface area contributed by atoms with E-state index in [1.165, 1.54) is 26.2 Å². The van der Waals surface area contributed by atoms with E-state index >= 15 is 0 Å². The molecule has 0 amide bonds.